The fourth-order valence-electron chi connectivity index (χ4n) is 2.58. The third-order valence-electron chi connectivity index (χ3n) is 4.26. The summed E-state index contributed by atoms with van der Waals surface area (Å²) in [4.78, 5) is 2.26. The molecule has 0 aromatic carbocycles. The summed E-state index contributed by atoms with van der Waals surface area (Å²) in [6.07, 6.45) is 10.7. The van der Waals surface area contributed by atoms with Gasteiger partial charge in [0.25, 0.3) is 0 Å². The zero-order chi connectivity index (χ0) is 20.2. The summed E-state index contributed by atoms with van der Waals surface area (Å²) in [6, 6.07) is 0. The van der Waals surface area contributed by atoms with Gasteiger partial charge in [-0.15, -0.1) is 0 Å². The fourth-order valence-corrected chi connectivity index (χ4v) is 2.58. The van der Waals surface area contributed by atoms with Crippen LogP contribution in [0.15, 0.2) is 0 Å². The minimum atomic E-state index is -0.0521. The molecule has 0 atom stereocenters. The maximum Gasteiger partial charge on any atom is 0.0994 e. The van der Waals surface area contributed by atoms with E-state index in [0.29, 0.717) is 6.73 Å². The Balaban J connectivity index is 3.13. The van der Waals surface area contributed by atoms with E-state index in [1.807, 2.05) is 0 Å². The Hall–Kier alpha value is -0.200. The van der Waals surface area contributed by atoms with Crippen LogP contribution in [0.3, 0.4) is 0 Å². The molecule has 5 nitrogen and oxygen atoms in total. The van der Waals surface area contributed by atoms with E-state index in [0.717, 1.165) is 52.4 Å². The first kappa shape index (κ1) is 26.8. The minimum absolute atomic E-state index is 0.0521. The van der Waals surface area contributed by atoms with E-state index in [1.165, 1.54) is 44.9 Å². The second-order valence-electron chi connectivity index (χ2n) is 8.37. The van der Waals surface area contributed by atoms with Gasteiger partial charge in [-0.3, -0.25) is 4.90 Å². The van der Waals surface area contributed by atoms with Crippen LogP contribution in [-0.4, -0.2) is 71.0 Å². The first-order chi connectivity index (χ1) is 13.0. The first-order valence-electron chi connectivity index (χ1n) is 10.9. The van der Waals surface area contributed by atoms with E-state index in [1.54, 1.807) is 7.11 Å². The summed E-state index contributed by atoms with van der Waals surface area (Å²) in [5.41, 5.74) is -0.0521. The number of unbranched alkanes of at least 4 members (excludes halogenated alkanes) is 6. The summed E-state index contributed by atoms with van der Waals surface area (Å²) in [5.74, 6) is 0. The van der Waals surface area contributed by atoms with E-state index >= 15 is 0 Å². The Bertz CT molecular complexity index is 295. The number of rotatable bonds is 20. The van der Waals surface area contributed by atoms with Gasteiger partial charge < -0.3 is 18.9 Å². The van der Waals surface area contributed by atoms with Crippen molar-refractivity contribution >= 4 is 0 Å². The maximum atomic E-state index is 5.77. The van der Waals surface area contributed by atoms with E-state index in [2.05, 4.69) is 32.7 Å². The molecule has 0 heterocycles. The van der Waals surface area contributed by atoms with Crippen LogP contribution in [0, 0.1) is 0 Å². The monoisotopic (exact) mass is 389 g/mol. The lowest BCUT2D eigenvalue weighted by Gasteiger charge is -2.24. The molecule has 0 aromatic heterocycles. The van der Waals surface area contributed by atoms with Crippen molar-refractivity contribution in [3.63, 3.8) is 0 Å². The molecule has 0 radical (unpaired) electrons. The molecule has 5 heteroatoms. The number of nitrogens with zero attached hydrogens (tertiary/aromatic N) is 1. The van der Waals surface area contributed by atoms with Gasteiger partial charge in [0, 0.05) is 40.1 Å². The lowest BCUT2D eigenvalue weighted by molar-refractivity contribution is -0.0560. The van der Waals surface area contributed by atoms with Crippen molar-refractivity contribution in [2.24, 2.45) is 0 Å². The smallest absolute Gasteiger partial charge is 0.0994 e. The number of hydrogen-bond donors (Lipinski definition) is 0. The summed E-state index contributed by atoms with van der Waals surface area (Å²) in [6.45, 7) is 12.4. The maximum absolute atomic E-state index is 5.77. The molecule has 0 saturated heterocycles. The van der Waals surface area contributed by atoms with Gasteiger partial charge in [0.15, 0.2) is 0 Å². The average molecular weight is 390 g/mol. The molecule has 0 fully saturated rings. The Morgan fingerprint density at radius 3 is 1.59 bits per heavy atom. The predicted octanol–water partition coefficient (Wildman–Crippen LogP) is 4.88. The molecule has 0 bridgehead atoms. The molecule has 0 aromatic rings. The lowest BCUT2D eigenvalue weighted by Crippen LogP contribution is -2.30. The number of methoxy groups -OCH3 is 1. The van der Waals surface area contributed by atoms with Gasteiger partial charge in [-0.1, -0.05) is 25.7 Å². The van der Waals surface area contributed by atoms with Crippen molar-refractivity contribution in [1.29, 1.82) is 0 Å². The van der Waals surface area contributed by atoms with Crippen LogP contribution < -0.4 is 0 Å². The molecule has 0 saturated carbocycles. The first-order valence-corrected chi connectivity index (χ1v) is 10.9. The number of ether oxygens (including phenoxy) is 4. The highest BCUT2D eigenvalue weighted by atomic mass is 16.5. The van der Waals surface area contributed by atoms with Gasteiger partial charge in [0.2, 0.25) is 0 Å². The normalized spacial score (nSPS) is 12.2. The van der Waals surface area contributed by atoms with E-state index in [4.69, 9.17) is 18.9 Å². The minimum Gasteiger partial charge on any atom is -0.385 e. The summed E-state index contributed by atoms with van der Waals surface area (Å²) < 4.78 is 22.0. The van der Waals surface area contributed by atoms with Crippen LogP contribution in [0.2, 0.25) is 0 Å². The van der Waals surface area contributed by atoms with Crippen molar-refractivity contribution in [1.82, 2.24) is 4.90 Å². The van der Waals surface area contributed by atoms with Crippen molar-refractivity contribution in [2.45, 2.75) is 84.2 Å². The van der Waals surface area contributed by atoms with Gasteiger partial charge in [-0.2, -0.15) is 0 Å². The van der Waals surface area contributed by atoms with Gasteiger partial charge in [0.05, 0.1) is 12.3 Å². The van der Waals surface area contributed by atoms with Crippen LogP contribution in [0.25, 0.3) is 0 Å². The molecule has 0 unspecified atom stereocenters. The molecule has 0 aliphatic heterocycles. The van der Waals surface area contributed by atoms with Crippen LogP contribution >= 0.6 is 0 Å². The zero-order valence-corrected chi connectivity index (χ0v) is 18.9. The molecule has 164 valence electrons. The fraction of sp³-hybridized carbons (Fsp3) is 1.00. The Morgan fingerprint density at radius 1 is 0.630 bits per heavy atom. The molecule has 0 aliphatic carbocycles. The Morgan fingerprint density at radius 2 is 1.11 bits per heavy atom. The van der Waals surface area contributed by atoms with Crippen molar-refractivity contribution in [3.05, 3.63) is 0 Å². The molecule has 0 N–H and O–H groups in total. The summed E-state index contributed by atoms with van der Waals surface area (Å²) in [7, 11) is 3.86. The highest BCUT2D eigenvalue weighted by Crippen LogP contribution is 2.08. The molecule has 0 spiro atoms. The van der Waals surface area contributed by atoms with Gasteiger partial charge >= 0.3 is 0 Å². The van der Waals surface area contributed by atoms with Crippen molar-refractivity contribution in [3.8, 4) is 0 Å². The highest BCUT2D eigenvalue weighted by molar-refractivity contribution is 4.58. The van der Waals surface area contributed by atoms with Crippen LogP contribution in [0.5, 0.6) is 0 Å². The predicted molar refractivity (Wildman–Crippen MR) is 113 cm³/mol. The second-order valence-corrected chi connectivity index (χ2v) is 8.37. The molecule has 0 aliphatic rings. The molecule has 27 heavy (non-hydrogen) atoms. The van der Waals surface area contributed by atoms with E-state index in [-0.39, 0.29) is 5.60 Å². The quantitative estimate of drug-likeness (QED) is 0.219. The third kappa shape index (κ3) is 23.8. The standard InChI is InChI=1S/C22H47NO4/c1-22(2,3)27-21-23(4)15-10-6-7-11-17-25-18-12-8-9-13-19-26-20-14-16-24-5/h6-21H2,1-5H3. The average Bonchev–Trinajstić information content (AvgIpc) is 2.62. The zero-order valence-electron chi connectivity index (χ0n) is 18.9. The Labute approximate surface area is 169 Å². The third-order valence-corrected chi connectivity index (χ3v) is 4.26. The van der Waals surface area contributed by atoms with Crippen LogP contribution in [0.4, 0.5) is 0 Å². The van der Waals surface area contributed by atoms with Crippen LogP contribution in [-0.2, 0) is 18.9 Å². The van der Waals surface area contributed by atoms with Gasteiger partial charge in [-0.25, -0.2) is 0 Å². The topological polar surface area (TPSA) is 40.2 Å². The van der Waals surface area contributed by atoms with E-state index < -0.39 is 0 Å². The molecule has 0 rings (SSSR count). The van der Waals surface area contributed by atoms with Crippen LogP contribution in [0.1, 0.15) is 78.6 Å². The second kappa shape index (κ2) is 19.1. The lowest BCUT2D eigenvalue weighted by atomic mass is 10.2. The molecular weight excluding hydrogens is 342 g/mol. The Kier molecular flexibility index (Phi) is 19.0. The summed E-state index contributed by atoms with van der Waals surface area (Å²) >= 11 is 0. The number of hydrogen-bond acceptors (Lipinski definition) is 5. The highest BCUT2D eigenvalue weighted by Gasteiger charge is 2.10. The largest absolute Gasteiger partial charge is 0.385 e. The molecular formula is C22H47NO4. The molecule has 0 amide bonds. The van der Waals surface area contributed by atoms with Crippen molar-refractivity contribution in [2.75, 3.05) is 60.5 Å². The van der Waals surface area contributed by atoms with Gasteiger partial charge in [0.1, 0.15) is 0 Å². The van der Waals surface area contributed by atoms with Gasteiger partial charge in [-0.05, 0) is 66.5 Å². The van der Waals surface area contributed by atoms with Crippen molar-refractivity contribution < 1.29 is 18.9 Å². The summed E-state index contributed by atoms with van der Waals surface area (Å²) in [5, 5.41) is 0. The SMILES string of the molecule is COCCCOCCCCCCOCCCCCCN(C)COC(C)(C)C. The van der Waals surface area contributed by atoms with E-state index in [9.17, 15) is 0 Å².